The summed E-state index contributed by atoms with van der Waals surface area (Å²) in [5, 5.41) is 0. The molecule has 0 saturated carbocycles. The van der Waals surface area contributed by atoms with Gasteiger partial charge in [0, 0.05) is 14.1 Å². The highest BCUT2D eigenvalue weighted by molar-refractivity contribution is 7.90. The topological polar surface area (TPSA) is 75.7 Å². The summed E-state index contributed by atoms with van der Waals surface area (Å²) in [5.74, 6) is -0.584. The number of ether oxygens (including phenoxy) is 1. The molecule has 0 heterocycles. The number of methoxy groups -OCH3 is 1. The maximum atomic E-state index is 11.6. The van der Waals surface area contributed by atoms with E-state index in [0.717, 1.165) is 4.31 Å². The fourth-order valence-electron chi connectivity index (χ4n) is 1.30. The van der Waals surface area contributed by atoms with Gasteiger partial charge < -0.3 is 4.74 Å². The minimum absolute atomic E-state index is 0.191. The first-order chi connectivity index (χ1) is 7.94. The van der Waals surface area contributed by atoms with E-state index in [-0.39, 0.29) is 11.3 Å². The molecule has 1 rings (SSSR count). The van der Waals surface area contributed by atoms with Crippen LogP contribution in [-0.2, 0) is 14.9 Å². The highest BCUT2D eigenvalue weighted by atomic mass is 32.2. The molecule has 6 nitrogen and oxygen atoms in total. The fourth-order valence-corrected chi connectivity index (χ4v) is 1.99. The molecular formula is C10H14N2O4S. The Morgan fingerprint density at radius 2 is 1.94 bits per heavy atom. The first-order valence-electron chi connectivity index (χ1n) is 4.78. The van der Waals surface area contributed by atoms with Crippen LogP contribution in [0.3, 0.4) is 0 Å². The Labute approximate surface area is 100 Å². The normalized spacial score (nSPS) is 11.0. The zero-order chi connectivity index (χ0) is 13.1. The van der Waals surface area contributed by atoms with Crippen molar-refractivity contribution in [2.24, 2.45) is 0 Å². The molecular weight excluding hydrogens is 244 g/mol. The number of nitrogens with zero attached hydrogens (tertiary/aromatic N) is 1. The van der Waals surface area contributed by atoms with Gasteiger partial charge >= 0.3 is 16.2 Å². The molecule has 0 aliphatic heterocycles. The van der Waals surface area contributed by atoms with E-state index in [1.807, 2.05) is 0 Å². The van der Waals surface area contributed by atoms with Crippen LogP contribution in [-0.4, -0.2) is 35.6 Å². The molecule has 0 atom stereocenters. The lowest BCUT2D eigenvalue weighted by Crippen LogP contribution is -2.36. The van der Waals surface area contributed by atoms with Gasteiger partial charge in [0.1, 0.15) is 0 Å². The monoisotopic (exact) mass is 258 g/mol. The average molecular weight is 258 g/mol. The molecule has 0 bridgehead atoms. The molecule has 7 heteroatoms. The van der Waals surface area contributed by atoms with Crippen LogP contribution in [0.4, 0.5) is 5.69 Å². The number of para-hydroxylation sites is 1. The lowest BCUT2D eigenvalue weighted by Gasteiger charge is -2.20. The Kier molecular flexibility index (Phi) is 4.08. The van der Waals surface area contributed by atoms with Crippen LogP contribution < -0.4 is 9.03 Å². The van der Waals surface area contributed by atoms with E-state index in [2.05, 4.69) is 9.46 Å². The minimum atomic E-state index is -3.64. The second-order valence-electron chi connectivity index (χ2n) is 3.19. The van der Waals surface area contributed by atoms with E-state index in [1.54, 1.807) is 12.1 Å². The van der Waals surface area contributed by atoms with Gasteiger partial charge in [-0.3, -0.25) is 4.31 Å². The van der Waals surface area contributed by atoms with E-state index in [0.29, 0.717) is 0 Å². The zero-order valence-electron chi connectivity index (χ0n) is 9.80. The molecule has 0 spiro atoms. The number of anilines is 1. The summed E-state index contributed by atoms with van der Waals surface area (Å²) >= 11 is 0. The van der Waals surface area contributed by atoms with Crippen molar-refractivity contribution in [2.45, 2.75) is 0 Å². The molecule has 1 aromatic rings. The van der Waals surface area contributed by atoms with Crippen molar-refractivity contribution in [3.8, 4) is 0 Å². The Morgan fingerprint density at radius 1 is 1.35 bits per heavy atom. The summed E-state index contributed by atoms with van der Waals surface area (Å²) in [7, 11) is 0.255. The molecule has 0 aromatic heterocycles. The van der Waals surface area contributed by atoms with Crippen LogP contribution in [0.15, 0.2) is 24.3 Å². The van der Waals surface area contributed by atoms with Gasteiger partial charge in [-0.15, -0.1) is 0 Å². The Balaban J connectivity index is 3.28. The van der Waals surface area contributed by atoms with Crippen molar-refractivity contribution in [3.63, 3.8) is 0 Å². The minimum Gasteiger partial charge on any atom is -0.465 e. The van der Waals surface area contributed by atoms with E-state index >= 15 is 0 Å². The summed E-state index contributed by atoms with van der Waals surface area (Å²) in [6, 6.07) is 6.31. The number of hydrogen-bond donors (Lipinski definition) is 1. The van der Waals surface area contributed by atoms with Gasteiger partial charge in [-0.2, -0.15) is 8.42 Å². The Morgan fingerprint density at radius 3 is 2.47 bits per heavy atom. The van der Waals surface area contributed by atoms with Crippen molar-refractivity contribution in [1.29, 1.82) is 0 Å². The third-order valence-corrected chi connectivity index (χ3v) is 3.70. The predicted octanol–water partition coefficient (Wildman–Crippen LogP) is 0.374. The summed E-state index contributed by atoms with van der Waals surface area (Å²) in [6.45, 7) is 0. The quantitative estimate of drug-likeness (QED) is 0.792. The molecule has 0 aliphatic carbocycles. The molecule has 0 amide bonds. The highest BCUT2D eigenvalue weighted by Gasteiger charge is 2.21. The van der Waals surface area contributed by atoms with Crippen LogP contribution in [0.25, 0.3) is 0 Å². The first-order valence-corrected chi connectivity index (χ1v) is 6.22. The molecule has 94 valence electrons. The van der Waals surface area contributed by atoms with Gasteiger partial charge in [0.2, 0.25) is 0 Å². The number of esters is 1. The van der Waals surface area contributed by atoms with Crippen LogP contribution in [0.1, 0.15) is 10.4 Å². The van der Waals surface area contributed by atoms with Crippen molar-refractivity contribution in [2.75, 3.05) is 25.5 Å². The summed E-state index contributed by atoms with van der Waals surface area (Å²) in [5.41, 5.74) is 0.449. The van der Waals surface area contributed by atoms with Crippen LogP contribution in [0.2, 0.25) is 0 Å². The lowest BCUT2D eigenvalue weighted by molar-refractivity contribution is 0.0601. The van der Waals surface area contributed by atoms with Gasteiger partial charge in [0.25, 0.3) is 0 Å². The molecule has 1 N–H and O–H groups in total. The van der Waals surface area contributed by atoms with Crippen LogP contribution in [0, 0.1) is 0 Å². The van der Waals surface area contributed by atoms with Crippen LogP contribution >= 0.6 is 0 Å². The molecule has 0 unspecified atom stereocenters. The number of rotatable bonds is 4. The molecule has 0 aliphatic rings. The average Bonchev–Trinajstić information content (AvgIpc) is 2.36. The lowest BCUT2D eigenvalue weighted by atomic mass is 10.2. The maximum Gasteiger partial charge on any atom is 0.340 e. The first kappa shape index (κ1) is 13.5. The van der Waals surface area contributed by atoms with Crippen molar-refractivity contribution < 1.29 is 17.9 Å². The number of carbonyl (C=O) groups is 1. The summed E-state index contributed by atoms with van der Waals surface area (Å²) in [4.78, 5) is 11.5. The molecule has 0 fully saturated rings. The van der Waals surface area contributed by atoms with Gasteiger partial charge in [0.05, 0.1) is 18.4 Å². The smallest absolute Gasteiger partial charge is 0.340 e. The maximum absolute atomic E-state index is 11.6. The van der Waals surface area contributed by atoms with E-state index in [1.165, 1.54) is 33.3 Å². The zero-order valence-corrected chi connectivity index (χ0v) is 10.6. The van der Waals surface area contributed by atoms with Gasteiger partial charge in [-0.1, -0.05) is 12.1 Å². The predicted molar refractivity (Wildman–Crippen MR) is 64.2 cm³/mol. The number of nitrogens with one attached hydrogen (secondary N) is 1. The second kappa shape index (κ2) is 5.15. The van der Waals surface area contributed by atoms with Crippen LogP contribution in [0.5, 0.6) is 0 Å². The third kappa shape index (κ3) is 2.75. The standard InChI is InChI=1S/C10H14N2O4S/c1-11-17(14,15)12(2)9-7-5-4-6-8(9)10(13)16-3/h4-7,11H,1-3H3. The second-order valence-corrected chi connectivity index (χ2v) is 5.09. The summed E-state index contributed by atoms with van der Waals surface area (Å²) < 4.78 is 31.0. The highest BCUT2D eigenvalue weighted by Crippen LogP contribution is 2.21. The van der Waals surface area contributed by atoms with Crippen molar-refractivity contribution >= 4 is 21.9 Å². The van der Waals surface area contributed by atoms with Gasteiger partial charge in [-0.25, -0.2) is 9.52 Å². The number of carbonyl (C=O) groups excluding carboxylic acids is 1. The van der Waals surface area contributed by atoms with E-state index in [4.69, 9.17) is 0 Å². The number of hydrogen-bond acceptors (Lipinski definition) is 4. The summed E-state index contributed by atoms with van der Waals surface area (Å²) in [6.07, 6.45) is 0. The van der Waals surface area contributed by atoms with E-state index < -0.39 is 16.2 Å². The Hall–Kier alpha value is -1.60. The van der Waals surface area contributed by atoms with Crippen molar-refractivity contribution in [1.82, 2.24) is 4.72 Å². The van der Waals surface area contributed by atoms with Gasteiger partial charge in [0.15, 0.2) is 0 Å². The third-order valence-electron chi connectivity index (χ3n) is 2.27. The largest absolute Gasteiger partial charge is 0.465 e. The van der Waals surface area contributed by atoms with Gasteiger partial charge in [-0.05, 0) is 12.1 Å². The van der Waals surface area contributed by atoms with E-state index in [9.17, 15) is 13.2 Å². The number of benzene rings is 1. The van der Waals surface area contributed by atoms with Crippen molar-refractivity contribution in [3.05, 3.63) is 29.8 Å². The molecule has 1 aromatic carbocycles. The molecule has 0 radical (unpaired) electrons. The molecule has 17 heavy (non-hydrogen) atoms. The fraction of sp³-hybridized carbons (Fsp3) is 0.300. The Bertz CT molecular complexity index is 513. The molecule has 0 saturated heterocycles. The SMILES string of the molecule is CNS(=O)(=O)N(C)c1ccccc1C(=O)OC.